The van der Waals surface area contributed by atoms with E-state index in [4.69, 9.17) is 4.42 Å². The average molecular weight is 422 g/mol. The smallest absolute Gasteiger partial charge is 0.287 e. The van der Waals surface area contributed by atoms with Crippen molar-refractivity contribution in [3.63, 3.8) is 0 Å². The molecule has 7 nitrogen and oxygen atoms in total. The summed E-state index contributed by atoms with van der Waals surface area (Å²) < 4.78 is 8.66. The van der Waals surface area contributed by atoms with E-state index in [1.54, 1.807) is 12.1 Å². The summed E-state index contributed by atoms with van der Waals surface area (Å²) in [7, 11) is 0. The van der Waals surface area contributed by atoms with Gasteiger partial charge in [-0.05, 0) is 36.6 Å². The molecular weight excluding hydrogens is 398 g/mol. The van der Waals surface area contributed by atoms with Crippen LogP contribution in [0.5, 0.6) is 0 Å². The Morgan fingerprint density at radius 1 is 1.20 bits per heavy atom. The zero-order chi connectivity index (χ0) is 20.5. The molecule has 154 valence electrons. The Hall–Kier alpha value is -2.97. The monoisotopic (exact) mass is 421 g/mol. The van der Waals surface area contributed by atoms with Crippen LogP contribution in [0, 0.1) is 0 Å². The first kappa shape index (κ1) is 19.0. The second-order valence-electron chi connectivity index (χ2n) is 7.58. The van der Waals surface area contributed by atoms with E-state index in [1.807, 2.05) is 18.3 Å². The molecule has 1 atom stereocenters. The zero-order valence-electron chi connectivity index (χ0n) is 16.7. The van der Waals surface area contributed by atoms with Crippen LogP contribution in [0.2, 0.25) is 0 Å². The number of benzene rings is 1. The lowest BCUT2D eigenvalue weighted by molar-refractivity contribution is 0.0909. The van der Waals surface area contributed by atoms with Crippen LogP contribution in [0.25, 0.3) is 10.1 Å². The molecule has 1 aliphatic rings. The predicted octanol–water partition coefficient (Wildman–Crippen LogP) is 3.64. The van der Waals surface area contributed by atoms with Crippen LogP contribution in [0.3, 0.4) is 0 Å². The molecule has 8 heteroatoms. The van der Waals surface area contributed by atoms with Gasteiger partial charge in [0.15, 0.2) is 11.6 Å². The van der Waals surface area contributed by atoms with Gasteiger partial charge < -0.3 is 14.3 Å². The standard InChI is InChI=1S/C22H23N5O2S/c1-15(23-22(28)18-6-4-12-29-18)21-25-24-20-8-9-26(10-11-27(20)21)14-17-13-16-5-2-3-7-19(16)30-17/h2-7,12-13,15H,8-11,14H2,1H3,(H,23,28)/t15-/m0/s1. The van der Waals surface area contributed by atoms with Gasteiger partial charge in [-0.3, -0.25) is 9.69 Å². The van der Waals surface area contributed by atoms with Gasteiger partial charge in [0, 0.05) is 42.2 Å². The summed E-state index contributed by atoms with van der Waals surface area (Å²) in [6, 6.07) is 13.9. The van der Waals surface area contributed by atoms with Crippen LogP contribution in [0.4, 0.5) is 0 Å². The number of hydrogen-bond donors (Lipinski definition) is 1. The molecule has 3 aromatic heterocycles. The Kier molecular flexibility index (Phi) is 5.10. The van der Waals surface area contributed by atoms with Crippen LogP contribution < -0.4 is 5.32 Å². The maximum atomic E-state index is 12.3. The lowest BCUT2D eigenvalue weighted by Crippen LogP contribution is -2.30. The molecule has 5 rings (SSSR count). The van der Waals surface area contributed by atoms with Crippen LogP contribution >= 0.6 is 11.3 Å². The third-order valence-corrected chi connectivity index (χ3v) is 6.58. The molecule has 1 aromatic carbocycles. The molecule has 1 aliphatic heterocycles. The van der Waals surface area contributed by atoms with Crippen LogP contribution in [0.1, 0.15) is 40.0 Å². The third kappa shape index (κ3) is 3.76. The zero-order valence-corrected chi connectivity index (χ0v) is 17.6. The number of nitrogens with one attached hydrogen (secondary N) is 1. The summed E-state index contributed by atoms with van der Waals surface area (Å²) in [5.41, 5.74) is 0. The molecule has 1 amide bonds. The van der Waals surface area contributed by atoms with Gasteiger partial charge in [0.1, 0.15) is 5.82 Å². The summed E-state index contributed by atoms with van der Waals surface area (Å²) in [6.07, 6.45) is 2.34. The van der Waals surface area contributed by atoms with Gasteiger partial charge in [-0.1, -0.05) is 18.2 Å². The topological polar surface area (TPSA) is 76.2 Å². The van der Waals surface area contributed by atoms with Gasteiger partial charge in [0.05, 0.1) is 12.3 Å². The van der Waals surface area contributed by atoms with Crippen LogP contribution in [-0.2, 0) is 19.5 Å². The molecule has 4 aromatic rings. The fourth-order valence-electron chi connectivity index (χ4n) is 3.94. The largest absolute Gasteiger partial charge is 0.459 e. The van der Waals surface area contributed by atoms with Crippen LogP contribution in [-0.4, -0.2) is 38.7 Å². The highest BCUT2D eigenvalue weighted by atomic mass is 32.1. The number of thiophene rings is 1. The van der Waals surface area contributed by atoms with Crippen molar-refractivity contribution in [3.05, 3.63) is 71.0 Å². The second-order valence-corrected chi connectivity index (χ2v) is 8.74. The number of amides is 1. The van der Waals surface area contributed by atoms with Crippen molar-refractivity contribution in [2.45, 2.75) is 32.5 Å². The number of fused-ring (bicyclic) bond motifs is 2. The molecule has 0 unspecified atom stereocenters. The third-order valence-electron chi connectivity index (χ3n) is 5.48. The van der Waals surface area contributed by atoms with Crippen molar-refractivity contribution in [1.29, 1.82) is 0 Å². The minimum Gasteiger partial charge on any atom is -0.459 e. The first-order valence-corrected chi connectivity index (χ1v) is 10.9. The fraction of sp³-hybridized carbons (Fsp3) is 0.318. The Morgan fingerprint density at radius 2 is 2.10 bits per heavy atom. The van der Waals surface area contributed by atoms with Gasteiger partial charge in [0.25, 0.3) is 5.91 Å². The van der Waals surface area contributed by atoms with Crippen LogP contribution in [0.15, 0.2) is 53.1 Å². The molecular formula is C22H23N5O2S. The average Bonchev–Trinajstić information content (AvgIpc) is 3.46. The first-order chi connectivity index (χ1) is 14.7. The van der Waals surface area contributed by atoms with E-state index in [0.717, 1.165) is 44.2 Å². The Morgan fingerprint density at radius 3 is 2.93 bits per heavy atom. The Bertz CT molecular complexity index is 1130. The highest BCUT2D eigenvalue weighted by molar-refractivity contribution is 7.19. The molecule has 0 aliphatic carbocycles. The number of carbonyl (C=O) groups is 1. The highest BCUT2D eigenvalue weighted by Crippen LogP contribution is 2.27. The van der Waals surface area contributed by atoms with Crippen molar-refractivity contribution in [3.8, 4) is 0 Å². The number of carbonyl (C=O) groups excluding carboxylic acids is 1. The van der Waals surface area contributed by atoms with E-state index in [0.29, 0.717) is 5.76 Å². The quantitative estimate of drug-likeness (QED) is 0.532. The van der Waals surface area contributed by atoms with E-state index in [2.05, 4.69) is 55.3 Å². The second kappa shape index (κ2) is 8.04. The van der Waals surface area contributed by atoms with E-state index in [9.17, 15) is 4.79 Å². The lowest BCUT2D eigenvalue weighted by atomic mass is 10.2. The minimum atomic E-state index is -0.252. The maximum absolute atomic E-state index is 12.3. The maximum Gasteiger partial charge on any atom is 0.287 e. The van der Waals surface area contributed by atoms with E-state index < -0.39 is 0 Å². The SMILES string of the molecule is C[C@H](NC(=O)c1ccco1)c1nnc2n1CCN(Cc1cc3ccccc3s1)CC2. The number of nitrogens with zero attached hydrogens (tertiary/aromatic N) is 4. The molecule has 4 heterocycles. The van der Waals surface area contributed by atoms with Gasteiger partial charge in [-0.25, -0.2) is 0 Å². The first-order valence-electron chi connectivity index (χ1n) is 10.1. The van der Waals surface area contributed by atoms with Gasteiger partial charge in [-0.2, -0.15) is 0 Å². The summed E-state index contributed by atoms with van der Waals surface area (Å²) >= 11 is 1.86. The molecule has 0 bridgehead atoms. The predicted molar refractivity (Wildman–Crippen MR) is 115 cm³/mol. The summed E-state index contributed by atoms with van der Waals surface area (Å²) in [6.45, 7) is 5.55. The molecule has 0 saturated heterocycles. The molecule has 30 heavy (non-hydrogen) atoms. The molecule has 0 spiro atoms. The number of rotatable bonds is 5. The van der Waals surface area contributed by atoms with Crippen molar-refractivity contribution in [1.82, 2.24) is 25.0 Å². The van der Waals surface area contributed by atoms with Crippen molar-refractivity contribution >= 4 is 27.3 Å². The van der Waals surface area contributed by atoms with Gasteiger partial charge >= 0.3 is 0 Å². The number of aromatic nitrogens is 3. The van der Waals surface area contributed by atoms with Gasteiger partial charge in [-0.15, -0.1) is 21.5 Å². The summed E-state index contributed by atoms with van der Waals surface area (Å²) in [5, 5.41) is 13.0. The minimum absolute atomic E-state index is 0.245. The summed E-state index contributed by atoms with van der Waals surface area (Å²) in [4.78, 5) is 16.2. The fourth-order valence-corrected chi connectivity index (χ4v) is 5.05. The highest BCUT2D eigenvalue weighted by Gasteiger charge is 2.23. The Balaban J connectivity index is 1.26. The lowest BCUT2D eigenvalue weighted by Gasteiger charge is -2.19. The van der Waals surface area contributed by atoms with E-state index in [1.165, 1.54) is 21.2 Å². The molecule has 0 saturated carbocycles. The van der Waals surface area contributed by atoms with Crippen molar-refractivity contribution < 1.29 is 9.21 Å². The molecule has 1 N–H and O–H groups in total. The normalized spacial score (nSPS) is 15.6. The van der Waals surface area contributed by atoms with Crippen molar-refractivity contribution in [2.75, 3.05) is 13.1 Å². The van der Waals surface area contributed by atoms with Crippen molar-refractivity contribution in [2.24, 2.45) is 0 Å². The van der Waals surface area contributed by atoms with E-state index in [-0.39, 0.29) is 11.9 Å². The van der Waals surface area contributed by atoms with Gasteiger partial charge in [0.2, 0.25) is 0 Å². The van der Waals surface area contributed by atoms with E-state index >= 15 is 0 Å². The summed E-state index contributed by atoms with van der Waals surface area (Å²) in [5.74, 6) is 1.81. The number of furan rings is 1. The number of hydrogen-bond acceptors (Lipinski definition) is 6. The molecule has 0 fully saturated rings. The Labute approximate surface area is 178 Å². The molecule has 0 radical (unpaired) electrons.